The molecule has 0 unspecified atom stereocenters. The summed E-state index contributed by atoms with van der Waals surface area (Å²) in [5.41, 5.74) is 3.13. The molecule has 1 saturated heterocycles. The van der Waals surface area contributed by atoms with Gasteiger partial charge in [-0.1, -0.05) is 90.0 Å². The molecule has 3 aliphatic rings. The minimum atomic E-state index is -1.54. The van der Waals surface area contributed by atoms with E-state index < -0.39 is 23.4 Å². The van der Waals surface area contributed by atoms with Crippen molar-refractivity contribution in [1.82, 2.24) is 0 Å². The minimum Gasteiger partial charge on any atom is -0.497 e. The minimum absolute atomic E-state index is 0.152. The summed E-state index contributed by atoms with van der Waals surface area (Å²) in [6.45, 7) is 1.97. The molecule has 7 rings (SSSR count). The average molecular weight is 560 g/mol. The summed E-state index contributed by atoms with van der Waals surface area (Å²) in [5.74, 6) is -0.788. The molecule has 202 valence electrons. The summed E-state index contributed by atoms with van der Waals surface area (Å²) >= 11 is 6.37. The number of ketones is 3. The number of rotatable bonds is 4. The first kappa shape index (κ1) is 25.5. The van der Waals surface area contributed by atoms with Gasteiger partial charge in [-0.15, -0.1) is 0 Å². The number of methoxy groups -OCH3 is 1. The maximum absolute atomic E-state index is 14.7. The second kappa shape index (κ2) is 9.28. The number of carbonyl (C=O) groups is 3. The second-order valence-corrected chi connectivity index (χ2v) is 11.3. The Labute approximate surface area is 243 Å². The van der Waals surface area contributed by atoms with E-state index in [1.807, 2.05) is 84.6 Å². The topological polar surface area (TPSA) is 63.7 Å². The number of Topliss-reactive ketones (excluding diaryl/α,β-unsaturated/α-hetero) is 3. The van der Waals surface area contributed by atoms with E-state index in [-0.39, 0.29) is 17.3 Å². The quantitative estimate of drug-likeness (QED) is 0.199. The van der Waals surface area contributed by atoms with Crippen molar-refractivity contribution in [2.24, 2.45) is 5.41 Å². The van der Waals surface area contributed by atoms with Crippen molar-refractivity contribution in [2.45, 2.75) is 24.9 Å². The van der Waals surface area contributed by atoms with Crippen molar-refractivity contribution in [3.63, 3.8) is 0 Å². The summed E-state index contributed by atoms with van der Waals surface area (Å²) in [6, 6.07) is 25.8. The van der Waals surface area contributed by atoms with E-state index in [4.69, 9.17) is 16.3 Å². The van der Waals surface area contributed by atoms with E-state index >= 15 is 0 Å². The lowest BCUT2D eigenvalue weighted by Crippen LogP contribution is -2.48. The van der Waals surface area contributed by atoms with Crippen LogP contribution in [0.25, 0.3) is 6.08 Å². The zero-order valence-electron chi connectivity index (χ0n) is 22.5. The predicted octanol–water partition coefficient (Wildman–Crippen LogP) is 6.97. The predicted molar refractivity (Wildman–Crippen MR) is 159 cm³/mol. The molecule has 0 amide bonds. The van der Waals surface area contributed by atoms with E-state index in [1.165, 1.54) is 0 Å². The van der Waals surface area contributed by atoms with E-state index in [0.717, 1.165) is 22.4 Å². The Bertz CT molecular complexity index is 1740. The highest BCUT2D eigenvalue weighted by Gasteiger charge is 2.71. The molecular formula is C35H26ClNO4. The van der Waals surface area contributed by atoms with Gasteiger partial charge in [0.15, 0.2) is 17.3 Å². The Kier molecular flexibility index (Phi) is 5.77. The van der Waals surface area contributed by atoms with Gasteiger partial charge in [0.2, 0.25) is 0 Å². The van der Waals surface area contributed by atoms with Gasteiger partial charge in [0.25, 0.3) is 0 Å². The Hall–Kier alpha value is -4.48. The van der Waals surface area contributed by atoms with Crippen molar-refractivity contribution in [3.05, 3.63) is 135 Å². The number of ether oxygens (including phenoxy) is 1. The van der Waals surface area contributed by atoms with Crippen LogP contribution in [-0.4, -0.2) is 36.5 Å². The smallest absolute Gasteiger partial charge is 0.185 e. The van der Waals surface area contributed by atoms with Crippen LogP contribution in [0.15, 0.2) is 97.1 Å². The van der Waals surface area contributed by atoms with Gasteiger partial charge in [0.1, 0.15) is 17.2 Å². The fourth-order valence-corrected chi connectivity index (χ4v) is 7.20. The fraction of sp³-hybridized carbons (Fsp3) is 0.171. The van der Waals surface area contributed by atoms with Crippen molar-refractivity contribution < 1.29 is 19.1 Å². The van der Waals surface area contributed by atoms with E-state index in [0.29, 0.717) is 27.5 Å². The molecule has 2 heterocycles. The van der Waals surface area contributed by atoms with Gasteiger partial charge in [-0.05, 0) is 48.4 Å². The molecule has 5 nitrogen and oxygen atoms in total. The zero-order valence-corrected chi connectivity index (χ0v) is 23.3. The van der Waals surface area contributed by atoms with Crippen LogP contribution in [0, 0.1) is 12.3 Å². The van der Waals surface area contributed by atoms with E-state index in [2.05, 4.69) is 0 Å². The van der Waals surface area contributed by atoms with Gasteiger partial charge in [-0.3, -0.25) is 14.4 Å². The molecular weight excluding hydrogens is 534 g/mol. The number of aryl methyl sites for hydroxylation is 1. The highest BCUT2D eigenvalue weighted by Crippen LogP contribution is 2.61. The Morgan fingerprint density at radius 2 is 1.54 bits per heavy atom. The third-order valence-electron chi connectivity index (χ3n) is 8.85. The molecule has 0 bridgehead atoms. The second-order valence-electron chi connectivity index (χ2n) is 10.9. The molecule has 1 aliphatic carbocycles. The number of fused-ring (bicyclic) bond motifs is 5. The van der Waals surface area contributed by atoms with Crippen LogP contribution in [0.1, 0.15) is 53.7 Å². The number of hydrogen-bond donors (Lipinski definition) is 0. The maximum Gasteiger partial charge on any atom is 0.185 e. The first-order chi connectivity index (χ1) is 19.9. The van der Waals surface area contributed by atoms with Gasteiger partial charge < -0.3 is 9.64 Å². The van der Waals surface area contributed by atoms with Crippen molar-refractivity contribution >= 4 is 40.7 Å². The number of halogens is 1. The molecule has 1 fully saturated rings. The fourth-order valence-electron chi connectivity index (χ4n) is 7.02. The van der Waals surface area contributed by atoms with Crippen molar-refractivity contribution in [3.8, 4) is 5.75 Å². The Morgan fingerprint density at radius 3 is 2.17 bits per heavy atom. The van der Waals surface area contributed by atoms with Crippen LogP contribution < -0.4 is 9.64 Å². The first-order valence-corrected chi connectivity index (χ1v) is 13.9. The first-order valence-electron chi connectivity index (χ1n) is 13.6. The normalized spacial score (nSPS) is 21.5. The zero-order chi connectivity index (χ0) is 28.5. The number of nitrogens with zero attached hydrogens (tertiary/aromatic N) is 1. The van der Waals surface area contributed by atoms with Crippen molar-refractivity contribution in [1.29, 1.82) is 0 Å². The molecule has 0 N–H and O–H groups in total. The van der Waals surface area contributed by atoms with Crippen LogP contribution in [0.5, 0.6) is 5.75 Å². The summed E-state index contributed by atoms with van der Waals surface area (Å²) in [6.07, 6.45) is 3.82. The molecule has 6 heteroatoms. The highest BCUT2D eigenvalue weighted by molar-refractivity contribution is 6.32. The number of benzene rings is 4. The van der Waals surface area contributed by atoms with Crippen LogP contribution >= 0.6 is 11.6 Å². The third-order valence-corrected chi connectivity index (χ3v) is 9.08. The number of anilines is 1. The summed E-state index contributed by atoms with van der Waals surface area (Å²) in [4.78, 5) is 46.0. The molecule has 0 saturated carbocycles. The van der Waals surface area contributed by atoms with E-state index in [9.17, 15) is 14.4 Å². The number of hydrogen-bond acceptors (Lipinski definition) is 5. The van der Waals surface area contributed by atoms with Crippen LogP contribution in [0.3, 0.4) is 0 Å². The van der Waals surface area contributed by atoms with Crippen LogP contribution in [0.4, 0.5) is 5.69 Å². The van der Waals surface area contributed by atoms with Gasteiger partial charge in [0.05, 0.1) is 13.2 Å². The van der Waals surface area contributed by atoms with Gasteiger partial charge in [-0.25, -0.2) is 0 Å². The summed E-state index contributed by atoms with van der Waals surface area (Å²) < 4.78 is 5.41. The van der Waals surface area contributed by atoms with Gasteiger partial charge in [0, 0.05) is 33.3 Å². The maximum atomic E-state index is 14.7. The largest absolute Gasteiger partial charge is 0.497 e. The van der Waals surface area contributed by atoms with Crippen LogP contribution in [-0.2, 0) is 0 Å². The molecule has 2 aliphatic heterocycles. The highest BCUT2D eigenvalue weighted by atomic mass is 35.5. The van der Waals surface area contributed by atoms with Crippen molar-refractivity contribution in [2.75, 3.05) is 12.0 Å². The average Bonchev–Trinajstić information content (AvgIpc) is 3.43. The monoisotopic (exact) mass is 559 g/mol. The molecule has 0 radical (unpaired) electrons. The number of carbonyl (C=O) groups excluding carboxylic acids is 3. The third kappa shape index (κ3) is 3.52. The molecule has 0 aromatic heterocycles. The Morgan fingerprint density at radius 1 is 0.878 bits per heavy atom. The summed E-state index contributed by atoms with van der Waals surface area (Å²) in [7, 11) is 1.59. The lowest BCUT2D eigenvalue weighted by Gasteiger charge is -2.37. The van der Waals surface area contributed by atoms with Gasteiger partial charge in [-0.2, -0.15) is 0 Å². The lowest BCUT2D eigenvalue weighted by atomic mass is 9.64. The molecule has 4 aromatic rings. The molecule has 41 heavy (non-hydrogen) atoms. The standard InChI is InChI=1S/C35H26ClNO4/c1-20-7-9-22(10-8-20)32(38)31-30(21-11-15-25(41-2)16-12-21)35(33(39)26-5-3-4-6-27(26)34(35)40)29-18-13-23-19-24(36)14-17-28(23)37(29)31/h3-19,29-31H,1-2H3/t29-,30+,31+/m1/s1. The molecule has 4 aromatic carbocycles. The van der Waals surface area contributed by atoms with E-state index in [1.54, 1.807) is 37.4 Å². The lowest BCUT2D eigenvalue weighted by molar-refractivity contribution is 0.0666. The van der Waals surface area contributed by atoms with Gasteiger partial charge >= 0.3 is 0 Å². The molecule has 3 atom stereocenters. The summed E-state index contributed by atoms with van der Waals surface area (Å²) in [5, 5.41) is 0.564. The van der Waals surface area contributed by atoms with Crippen LogP contribution in [0.2, 0.25) is 5.02 Å². The molecule has 1 spiro atoms. The SMILES string of the molecule is COc1ccc([C@H]2[C@@H](C(=O)c3ccc(C)cc3)N3c4ccc(Cl)cc4C=C[C@@H]3C23C(=O)c2ccccc2C3=O)cc1. The Balaban J connectivity index is 1.54.